The molecule has 8 nitrogen and oxygen atoms in total. The number of aliphatic hydroxyl groups excluding tert-OH is 2. The predicted octanol–water partition coefficient (Wildman–Crippen LogP) is -0.228. The number of aromatic amines is 1. The van der Waals surface area contributed by atoms with Crippen LogP contribution >= 0.6 is 11.6 Å². The first kappa shape index (κ1) is 12.5. The topological polar surface area (TPSA) is 130 Å². The van der Waals surface area contributed by atoms with Crippen LogP contribution in [0.1, 0.15) is 18.3 Å². The Morgan fingerprint density at radius 2 is 2.21 bits per heavy atom. The molecule has 1 aliphatic rings. The van der Waals surface area contributed by atoms with Crippen molar-refractivity contribution in [2.24, 2.45) is 0 Å². The number of aromatic nitrogens is 4. The summed E-state index contributed by atoms with van der Waals surface area (Å²) in [6.45, 7) is -0.245. The summed E-state index contributed by atoms with van der Waals surface area (Å²) >= 11 is 5.93. The van der Waals surface area contributed by atoms with Gasteiger partial charge in [0.2, 0.25) is 5.95 Å². The van der Waals surface area contributed by atoms with Gasteiger partial charge in [-0.05, 0) is 0 Å². The number of ether oxygens (including phenoxy) is 1. The van der Waals surface area contributed by atoms with Gasteiger partial charge in [0.1, 0.15) is 23.5 Å². The molecule has 1 unspecified atom stereocenters. The lowest BCUT2D eigenvalue weighted by Crippen LogP contribution is -2.24. The van der Waals surface area contributed by atoms with Crippen LogP contribution in [0.25, 0.3) is 11.2 Å². The molecule has 0 amide bonds. The lowest BCUT2D eigenvalue weighted by Gasteiger charge is -2.09. The van der Waals surface area contributed by atoms with Crippen LogP contribution in [0.2, 0.25) is 5.15 Å². The molecule has 9 heteroatoms. The van der Waals surface area contributed by atoms with Crippen molar-refractivity contribution in [1.29, 1.82) is 0 Å². The molecule has 0 aromatic carbocycles. The van der Waals surface area contributed by atoms with Gasteiger partial charge in [0.05, 0.1) is 12.7 Å². The number of nitrogens with zero attached hydrogens (tertiary/aromatic N) is 3. The number of H-pyrrole nitrogens is 1. The maximum atomic E-state index is 9.69. The second-order valence-electron chi connectivity index (χ2n) is 4.34. The Bertz CT molecular complexity index is 618. The van der Waals surface area contributed by atoms with Crippen LogP contribution in [0.15, 0.2) is 0 Å². The Balaban J connectivity index is 1.96. The number of halogens is 1. The molecule has 3 heterocycles. The number of rotatable bonds is 2. The van der Waals surface area contributed by atoms with Crippen molar-refractivity contribution in [3.05, 3.63) is 11.0 Å². The molecule has 0 radical (unpaired) electrons. The number of imidazole rings is 1. The van der Waals surface area contributed by atoms with Crippen LogP contribution in [-0.2, 0) is 4.74 Å². The summed E-state index contributed by atoms with van der Waals surface area (Å²) in [6.07, 6.45) is -1.44. The minimum absolute atomic E-state index is 0.0381. The molecule has 2 aromatic rings. The number of anilines is 1. The van der Waals surface area contributed by atoms with E-state index in [9.17, 15) is 5.11 Å². The number of fused-ring (bicyclic) bond motifs is 1. The Morgan fingerprint density at radius 3 is 2.89 bits per heavy atom. The molecular weight excluding hydrogens is 274 g/mol. The van der Waals surface area contributed by atoms with Gasteiger partial charge in [0, 0.05) is 6.42 Å². The number of aliphatic hydroxyl groups is 2. The minimum Gasteiger partial charge on any atom is -0.394 e. The summed E-state index contributed by atoms with van der Waals surface area (Å²) < 4.78 is 5.49. The molecule has 3 atom stereocenters. The molecule has 1 fully saturated rings. The van der Waals surface area contributed by atoms with E-state index in [1.54, 1.807) is 0 Å². The van der Waals surface area contributed by atoms with Gasteiger partial charge in [0.25, 0.3) is 0 Å². The van der Waals surface area contributed by atoms with Crippen molar-refractivity contribution >= 4 is 28.7 Å². The molecule has 0 bridgehead atoms. The third kappa shape index (κ3) is 2.12. The van der Waals surface area contributed by atoms with E-state index < -0.39 is 18.3 Å². The summed E-state index contributed by atoms with van der Waals surface area (Å²) in [6, 6.07) is 0. The van der Waals surface area contributed by atoms with Crippen molar-refractivity contribution in [2.75, 3.05) is 12.3 Å². The van der Waals surface area contributed by atoms with Crippen molar-refractivity contribution in [2.45, 2.75) is 24.7 Å². The number of hydrogen-bond donors (Lipinski definition) is 4. The zero-order chi connectivity index (χ0) is 13.6. The van der Waals surface area contributed by atoms with Gasteiger partial charge in [-0.3, -0.25) is 0 Å². The monoisotopic (exact) mass is 285 g/mol. The molecule has 5 N–H and O–H groups in total. The third-order valence-corrected chi connectivity index (χ3v) is 3.32. The number of hydrogen-bond acceptors (Lipinski definition) is 7. The number of nitrogens with two attached hydrogens (primary N) is 1. The Kier molecular flexibility index (Phi) is 3.02. The predicted molar refractivity (Wildman–Crippen MR) is 66.4 cm³/mol. The molecule has 1 saturated heterocycles. The maximum Gasteiger partial charge on any atom is 0.223 e. The first-order chi connectivity index (χ1) is 9.08. The summed E-state index contributed by atoms with van der Waals surface area (Å²) in [5, 5.41) is 18.9. The molecule has 2 aromatic heterocycles. The van der Waals surface area contributed by atoms with Crippen molar-refractivity contribution < 1.29 is 14.9 Å². The first-order valence-electron chi connectivity index (χ1n) is 5.71. The average molecular weight is 286 g/mol. The fourth-order valence-corrected chi connectivity index (χ4v) is 2.34. The number of nitrogens with one attached hydrogen (secondary N) is 1. The van der Waals surface area contributed by atoms with Crippen LogP contribution in [0.4, 0.5) is 5.95 Å². The largest absolute Gasteiger partial charge is 0.394 e. The Labute approximate surface area is 112 Å². The molecule has 3 rings (SSSR count). The summed E-state index contributed by atoms with van der Waals surface area (Å²) in [7, 11) is 0. The fraction of sp³-hybridized carbons (Fsp3) is 0.500. The molecule has 0 aliphatic carbocycles. The minimum atomic E-state index is -0.727. The SMILES string of the molecule is Nc1nc(Cl)c2[nH]c(C3C[C@H](O)[C@@H](CO)O3)nc2n1. The second-order valence-corrected chi connectivity index (χ2v) is 4.70. The molecular formula is C10H12ClN5O3. The fourth-order valence-electron chi connectivity index (χ4n) is 2.12. The van der Waals surface area contributed by atoms with Crippen molar-refractivity contribution in [1.82, 2.24) is 19.9 Å². The van der Waals surface area contributed by atoms with Gasteiger partial charge in [-0.1, -0.05) is 11.6 Å². The van der Waals surface area contributed by atoms with E-state index in [1.165, 1.54) is 0 Å². The average Bonchev–Trinajstić information content (AvgIpc) is 2.92. The smallest absolute Gasteiger partial charge is 0.223 e. The quantitative estimate of drug-likeness (QED) is 0.561. The van der Waals surface area contributed by atoms with Crippen LogP contribution in [0.3, 0.4) is 0 Å². The van der Waals surface area contributed by atoms with E-state index in [0.717, 1.165) is 0 Å². The van der Waals surface area contributed by atoms with E-state index in [-0.39, 0.29) is 17.7 Å². The van der Waals surface area contributed by atoms with Crippen LogP contribution in [-0.4, -0.2) is 49.0 Å². The van der Waals surface area contributed by atoms with E-state index in [1.807, 2.05) is 0 Å². The van der Waals surface area contributed by atoms with Gasteiger partial charge in [-0.25, -0.2) is 4.98 Å². The van der Waals surface area contributed by atoms with Crippen LogP contribution < -0.4 is 5.73 Å². The highest BCUT2D eigenvalue weighted by Gasteiger charge is 2.36. The standard InChI is InChI=1S/C10H12ClN5O3/c11-7-6-9(16-10(12)14-7)15-8(13-6)4-1-3(18)5(2-17)19-4/h3-5,17-18H,1-2H2,(H3,12,13,14,15,16)/t3-,4?,5+/m0/s1. The maximum absolute atomic E-state index is 9.69. The third-order valence-electron chi connectivity index (χ3n) is 3.05. The summed E-state index contributed by atoms with van der Waals surface area (Å²) in [4.78, 5) is 15.0. The first-order valence-corrected chi connectivity index (χ1v) is 6.09. The van der Waals surface area contributed by atoms with Crippen molar-refractivity contribution in [3.63, 3.8) is 0 Å². The lowest BCUT2D eigenvalue weighted by atomic mass is 10.1. The molecule has 1 aliphatic heterocycles. The van der Waals surface area contributed by atoms with Crippen molar-refractivity contribution in [3.8, 4) is 0 Å². The van der Waals surface area contributed by atoms with Gasteiger partial charge in [-0.2, -0.15) is 9.97 Å². The highest BCUT2D eigenvalue weighted by Crippen LogP contribution is 2.32. The van der Waals surface area contributed by atoms with E-state index in [0.29, 0.717) is 23.4 Å². The van der Waals surface area contributed by atoms with E-state index in [2.05, 4.69) is 19.9 Å². The van der Waals surface area contributed by atoms with Gasteiger partial charge in [-0.15, -0.1) is 0 Å². The van der Waals surface area contributed by atoms with Gasteiger partial charge in [0.15, 0.2) is 10.8 Å². The van der Waals surface area contributed by atoms with Gasteiger partial charge < -0.3 is 25.7 Å². The normalized spacial score (nSPS) is 27.2. The highest BCUT2D eigenvalue weighted by molar-refractivity contribution is 6.33. The van der Waals surface area contributed by atoms with Gasteiger partial charge >= 0.3 is 0 Å². The van der Waals surface area contributed by atoms with E-state index >= 15 is 0 Å². The second kappa shape index (κ2) is 4.57. The Hall–Kier alpha value is -1.48. The summed E-state index contributed by atoms with van der Waals surface area (Å²) in [5.74, 6) is 0.517. The van der Waals surface area contributed by atoms with E-state index in [4.69, 9.17) is 27.2 Å². The zero-order valence-electron chi connectivity index (χ0n) is 9.75. The highest BCUT2D eigenvalue weighted by atomic mass is 35.5. The Morgan fingerprint density at radius 1 is 1.42 bits per heavy atom. The molecule has 0 spiro atoms. The van der Waals surface area contributed by atoms with Crippen LogP contribution in [0, 0.1) is 0 Å². The molecule has 0 saturated carbocycles. The summed E-state index contributed by atoms with van der Waals surface area (Å²) in [5.41, 5.74) is 6.30. The molecule has 19 heavy (non-hydrogen) atoms. The number of nitrogen functional groups attached to an aromatic ring is 1. The zero-order valence-corrected chi connectivity index (χ0v) is 10.5. The van der Waals surface area contributed by atoms with Crippen LogP contribution in [0.5, 0.6) is 0 Å². The molecule has 102 valence electrons. The lowest BCUT2D eigenvalue weighted by molar-refractivity contribution is -0.0244.